The number of amides is 1. The summed E-state index contributed by atoms with van der Waals surface area (Å²) in [6, 6.07) is 13.6. The lowest BCUT2D eigenvalue weighted by Gasteiger charge is -2.16. The van der Waals surface area contributed by atoms with E-state index in [0.717, 1.165) is 31.7 Å². The topological polar surface area (TPSA) is 54.5 Å². The number of likely N-dealkylation sites (N-methyl/N-ethyl adjacent to an activating group) is 1. The van der Waals surface area contributed by atoms with Crippen molar-refractivity contribution in [2.45, 2.75) is 4.90 Å². The molecule has 1 amide bonds. The minimum Gasteiger partial charge on any atom is -0.494 e. The summed E-state index contributed by atoms with van der Waals surface area (Å²) in [5, 5.41) is 3.75. The first-order valence-corrected chi connectivity index (χ1v) is 9.74. The molecule has 0 radical (unpaired) electrons. The lowest BCUT2D eigenvalue weighted by Crippen LogP contribution is -2.30. The summed E-state index contributed by atoms with van der Waals surface area (Å²) in [6.07, 6.45) is 1.99. The zero-order valence-corrected chi connectivity index (χ0v) is 15.9. The third kappa shape index (κ3) is 3.88. The van der Waals surface area contributed by atoms with Crippen molar-refractivity contribution in [3.63, 3.8) is 0 Å². The van der Waals surface area contributed by atoms with E-state index in [2.05, 4.69) is 10.3 Å². The van der Waals surface area contributed by atoms with Gasteiger partial charge in [0.1, 0.15) is 11.3 Å². The van der Waals surface area contributed by atoms with E-state index in [0.29, 0.717) is 0 Å². The number of hydrogen-bond acceptors (Lipinski definition) is 6. The molecule has 3 rings (SSSR count). The van der Waals surface area contributed by atoms with E-state index in [9.17, 15) is 4.79 Å². The molecule has 0 atom stereocenters. The highest BCUT2D eigenvalue weighted by Gasteiger charge is 2.15. The van der Waals surface area contributed by atoms with Gasteiger partial charge < -0.3 is 15.0 Å². The predicted molar refractivity (Wildman–Crippen MR) is 106 cm³/mol. The van der Waals surface area contributed by atoms with Gasteiger partial charge in [0.15, 0.2) is 5.13 Å². The van der Waals surface area contributed by atoms with Crippen LogP contribution in [0.5, 0.6) is 5.75 Å². The first-order valence-electron chi connectivity index (χ1n) is 7.70. The van der Waals surface area contributed by atoms with Crippen molar-refractivity contribution >= 4 is 50.0 Å². The van der Waals surface area contributed by atoms with Gasteiger partial charge in [0.05, 0.1) is 24.0 Å². The van der Waals surface area contributed by atoms with Crippen molar-refractivity contribution in [1.29, 1.82) is 0 Å². The molecule has 0 aliphatic heterocycles. The Balaban J connectivity index is 1.73. The fourth-order valence-electron chi connectivity index (χ4n) is 2.46. The first-order chi connectivity index (χ1) is 12.1. The molecule has 0 bridgehead atoms. The van der Waals surface area contributed by atoms with Gasteiger partial charge in [0, 0.05) is 11.9 Å². The van der Waals surface area contributed by atoms with E-state index < -0.39 is 0 Å². The van der Waals surface area contributed by atoms with Crippen LogP contribution in [0.25, 0.3) is 10.2 Å². The number of anilines is 2. The van der Waals surface area contributed by atoms with Crippen molar-refractivity contribution in [3.05, 3.63) is 42.5 Å². The van der Waals surface area contributed by atoms with Crippen LogP contribution in [-0.2, 0) is 4.79 Å². The average Bonchev–Trinajstić information content (AvgIpc) is 3.06. The largest absolute Gasteiger partial charge is 0.494 e. The Hall–Kier alpha value is -2.25. The lowest BCUT2D eigenvalue weighted by molar-refractivity contribution is -0.114. The Morgan fingerprint density at radius 1 is 1.28 bits per heavy atom. The molecule has 1 aromatic heterocycles. The number of thioether (sulfide) groups is 1. The number of nitrogens with zero attached hydrogens (tertiary/aromatic N) is 2. The number of para-hydroxylation sites is 2. The highest BCUT2D eigenvalue weighted by molar-refractivity contribution is 7.98. The first kappa shape index (κ1) is 17.6. The molecule has 0 unspecified atom stereocenters. The summed E-state index contributed by atoms with van der Waals surface area (Å²) < 4.78 is 6.39. The number of methoxy groups -OCH3 is 1. The van der Waals surface area contributed by atoms with Crippen LogP contribution in [-0.4, -0.2) is 37.8 Å². The smallest absolute Gasteiger partial charge is 0.243 e. The molecule has 0 aliphatic carbocycles. The third-order valence-electron chi connectivity index (χ3n) is 3.68. The van der Waals surface area contributed by atoms with Gasteiger partial charge in [-0.1, -0.05) is 29.5 Å². The highest BCUT2D eigenvalue weighted by atomic mass is 32.2. The Labute approximate surface area is 155 Å². The Morgan fingerprint density at radius 2 is 2.08 bits per heavy atom. The number of carbonyl (C=O) groups is 1. The van der Waals surface area contributed by atoms with E-state index >= 15 is 0 Å². The van der Waals surface area contributed by atoms with Crippen LogP contribution < -0.4 is 15.0 Å². The molecule has 0 saturated heterocycles. The van der Waals surface area contributed by atoms with Crippen LogP contribution in [0.15, 0.2) is 47.4 Å². The minimum absolute atomic E-state index is 0.0739. The molecule has 7 heteroatoms. The molecule has 25 heavy (non-hydrogen) atoms. The maximum atomic E-state index is 12.4. The summed E-state index contributed by atoms with van der Waals surface area (Å²) in [4.78, 5) is 19.9. The summed E-state index contributed by atoms with van der Waals surface area (Å²) in [5.74, 6) is 0.668. The van der Waals surface area contributed by atoms with Gasteiger partial charge in [-0.3, -0.25) is 4.79 Å². The van der Waals surface area contributed by atoms with E-state index in [4.69, 9.17) is 4.74 Å². The molecule has 1 heterocycles. The predicted octanol–water partition coefficient (Wildman–Crippen LogP) is 4.10. The molecular weight excluding hydrogens is 354 g/mol. The number of fused-ring (bicyclic) bond motifs is 1. The number of benzene rings is 2. The number of ether oxygens (including phenoxy) is 1. The quantitative estimate of drug-likeness (QED) is 0.659. The van der Waals surface area contributed by atoms with Gasteiger partial charge in [0.25, 0.3) is 0 Å². The van der Waals surface area contributed by atoms with Gasteiger partial charge in [-0.15, -0.1) is 11.8 Å². The van der Waals surface area contributed by atoms with Gasteiger partial charge >= 0.3 is 0 Å². The van der Waals surface area contributed by atoms with Crippen LogP contribution in [0.3, 0.4) is 0 Å². The zero-order valence-electron chi connectivity index (χ0n) is 14.3. The summed E-state index contributed by atoms with van der Waals surface area (Å²) in [6.45, 7) is 0.227. The van der Waals surface area contributed by atoms with Crippen LogP contribution in [0.1, 0.15) is 0 Å². The normalized spacial score (nSPS) is 10.7. The van der Waals surface area contributed by atoms with Crippen LogP contribution in [0.4, 0.5) is 10.8 Å². The van der Waals surface area contributed by atoms with Crippen LogP contribution in [0, 0.1) is 0 Å². The number of rotatable bonds is 6. The van der Waals surface area contributed by atoms with Crippen molar-refractivity contribution in [2.24, 2.45) is 0 Å². The third-order valence-corrected chi connectivity index (χ3v) is 5.61. The second-order valence-corrected chi connectivity index (χ2v) is 7.27. The van der Waals surface area contributed by atoms with Gasteiger partial charge in [-0.2, -0.15) is 0 Å². The Kier molecular flexibility index (Phi) is 5.45. The molecule has 0 spiro atoms. The molecule has 5 nitrogen and oxygen atoms in total. The van der Waals surface area contributed by atoms with Crippen molar-refractivity contribution in [1.82, 2.24) is 4.98 Å². The maximum absolute atomic E-state index is 12.4. The van der Waals surface area contributed by atoms with E-state index in [1.807, 2.05) is 60.7 Å². The number of thiazole rings is 1. The molecule has 0 aliphatic rings. The van der Waals surface area contributed by atoms with Crippen LogP contribution in [0.2, 0.25) is 0 Å². The van der Waals surface area contributed by atoms with Gasteiger partial charge in [0.2, 0.25) is 5.91 Å². The molecule has 1 N–H and O–H groups in total. The fraction of sp³-hybridized carbons (Fsp3) is 0.222. The summed E-state index contributed by atoms with van der Waals surface area (Å²) >= 11 is 3.15. The van der Waals surface area contributed by atoms with E-state index in [-0.39, 0.29) is 12.5 Å². The van der Waals surface area contributed by atoms with Crippen LogP contribution >= 0.6 is 23.1 Å². The number of hydrogen-bond donors (Lipinski definition) is 1. The number of aromatic nitrogens is 1. The van der Waals surface area contributed by atoms with Crippen molar-refractivity contribution in [3.8, 4) is 5.75 Å². The maximum Gasteiger partial charge on any atom is 0.243 e. The number of carbonyl (C=O) groups excluding carboxylic acids is 1. The standard InChI is InChI=1S/C18H19N3O2S2/c1-21(11-16(22)19-12-7-4-5-9-14(12)24-3)18-20-17-13(23-2)8-6-10-15(17)25-18/h4-10H,11H2,1-3H3,(H,19,22). The average molecular weight is 374 g/mol. The lowest BCUT2D eigenvalue weighted by atomic mass is 10.3. The SMILES string of the molecule is COc1cccc2sc(N(C)CC(=O)Nc3ccccc3SC)nc12. The monoisotopic (exact) mass is 373 g/mol. The summed E-state index contributed by atoms with van der Waals surface area (Å²) in [7, 11) is 3.50. The second kappa shape index (κ2) is 7.76. The second-order valence-electron chi connectivity index (χ2n) is 5.41. The molecular formula is C18H19N3O2S2. The zero-order chi connectivity index (χ0) is 17.8. The Bertz CT molecular complexity index is 895. The highest BCUT2D eigenvalue weighted by Crippen LogP contribution is 2.33. The van der Waals surface area contributed by atoms with E-state index in [1.54, 1.807) is 30.2 Å². The molecule has 2 aromatic carbocycles. The minimum atomic E-state index is -0.0739. The van der Waals surface area contributed by atoms with Gasteiger partial charge in [-0.25, -0.2) is 4.98 Å². The number of nitrogens with one attached hydrogen (secondary N) is 1. The van der Waals surface area contributed by atoms with Gasteiger partial charge in [-0.05, 0) is 30.5 Å². The van der Waals surface area contributed by atoms with Crippen molar-refractivity contribution < 1.29 is 9.53 Å². The Morgan fingerprint density at radius 3 is 2.84 bits per heavy atom. The summed E-state index contributed by atoms with van der Waals surface area (Å²) in [5.41, 5.74) is 1.66. The molecule has 130 valence electrons. The van der Waals surface area contributed by atoms with E-state index in [1.165, 1.54) is 0 Å². The molecule has 0 saturated carbocycles. The molecule has 0 fully saturated rings. The molecule has 3 aromatic rings. The van der Waals surface area contributed by atoms with Crippen molar-refractivity contribution in [2.75, 3.05) is 37.2 Å². The fourth-order valence-corrected chi connectivity index (χ4v) is 3.96.